The fourth-order valence-electron chi connectivity index (χ4n) is 2.18. The minimum Gasteiger partial charge on any atom is -0.497 e. The van der Waals surface area contributed by atoms with Crippen LogP contribution >= 0.6 is 11.6 Å². The van der Waals surface area contributed by atoms with E-state index in [0.717, 1.165) is 23.5 Å². The summed E-state index contributed by atoms with van der Waals surface area (Å²) >= 11 is 6.31. The second-order valence-corrected chi connectivity index (χ2v) is 5.50. The molecule has 0 aromatic heterocycles. The second kappa shape index (κ2) is 6.83. The van der Waals surface area contributed by atoms with E-state index >= 15 is 0 Å². The minimum absolute atomic E-state index is 0.511. The molecule has 0 saturated carbocycles. The van der Waals surface area contributed by atoms with Gasteiger partial charge in [-0.05, 0) is 42.3 Å². The van der Waals surface area contributed by atoms with Crippen molar-refractivity contribution < 1.29 is 9.84 Å². The Labute approximate surface area is 130 Å². The molecule has 0 spiro atoms. The Morgan fingerprint density at radius 2 is 1.86 bits per heavy atom. The van der Waals surface area contributed by atoms with E-state index < -0.39 is 6.10 Å². The average Bonchev–Trinajstić information content (AvgIpc) is 2.47. The van der Waals surface area contributed by atoms with Crippen molar-refractivity contribution in [3.63, 3.8) is 0 Å². The van der Waals surface area contributed by atoms with Crippen LogP contribution in [0, 0.1) is 0 Å². The Bertz CT molecular complexity index is 596. The lowest BCUT2D eigenvalue weighted by atomic mass is 10.1. The average molecular weight is 306 g/mol. The maximum atomic E-state index is 9.58. The number of aliphatic hydroxyl groups is 1. The molecule has 4 heteroatoms. The molecular formula is C17H20ClNO2. The van der Waals surface area contributed by atoms with Gasteiger partial charge in [-0.3, -0.25) is 0 Å². The highest BCUT2D eigenvalue weighted by atomic mass is 35.5. The molecule has 0 amide bonds. The van der Waals surface area contributed by atoms with E-state index in [1.807, 2.05) is 49.5 Å². The molecule has 0 unspecified atom stereocenters. The van der Waals surface area contributed by atoms with Crippen LogP contribution in [0.1, 0.15) is 24.2 Å². The van der Waals surface area contributed by atoms with Gasteiger partial charge in [0.1, 0.15) is 5.75 Å². The Balaban J connectivity index is 2.13. The molecule has 2 aromatic rings. The maximum Gasteiger partial charge on any atom is 0.118 e. The smallest absolute Gasteiger partial charge is 0.118 e. The first-order chi connectivity index (χ1) is 10.0. The van der Waals surface area contributed by atoms with E-state index in [1.54, 1.807) is 14.0 Å². The second-order valence-electron chi connectivity index (χ2n) is 5.09. The van der Waals surface area contributed by atoms with E-state index in [1.165, 1.54) is 5.56 Å². The molecule has 0 bridgehead atoms. The third-order valence-electron chi connectivity index (χ3n) is 3.44. The summed E-state index contributed by atoms with van der Waals surface area (Å²) in [5.74, 6) is 0.848. The highest BCUT2D eigenvalue weighted by Gasteiger charge is 2.10. The lowest BCUT2D eigenvalue weighted by Gasteiger charge is -2.21. The van der Waals surface area contributed by atoms with Gasteiger partial charge in [0.2, 0.25) is 0 Å². The van der Waals surface area contributed by atoms with E-state index in [9.17, 15) is 5.11 Å². The highest BCUT2D eigenvalue weighted by molar-refractivity contribution is 6.33. The van der Waals surface area contributed by atoms with Crippen LogP contribution < -0.4 is 9.64 Å². The molecule has 2 rings (SSSR count). The van der Waals surface area contributed by atoms with Gasteiger partial charge >= 0.3 is 0 Å². The molecule has 0 aliphatic rings. The Kier molecular flexibility index (Phi) is 5.10. The highest BCUT2D eigenvalue weighted by Crippen LogP contribution is 2.29. The van der Waals surface area contributed by atoms with Gasteiger partial charge in [-0.15, -0.1) is 0 Å². The van der Waals surface area contributed by atoms with Crippen LogP contribution in [0.5, 0.6) is 5.75 Å². The predicted octanol–water partition coefficient (Wildman–Crippen LogP) is 4.04. The van der Waals surface area contributed by atoms with Crippen LogP contribution in [-0.4, -0.2) is 19.3 Å². The van der Waals surface area contributed by atoms with Gasteiger partial charge in [0.05, 0.1) is 23.9 Å². The van der Waals surface area contributed by atoms with Crippen LogP contribution in [0.2, 0.25) is 5.02 Å². The summed E-state index contributed by atoms with van der Waals surface area (Å²) < 4.78 is 5.16. The summed E-state index contributed by atoms with van der Waals surface area (Å²) in [6, 6.07) is 13.6. The topological polar surface area (TPSA) is 32.7 Å². The minimum atomic E-state index is -0.511. The lowest BCUT2D eigenvalue weighted by Crippen LogP contribution is -2.16. The van der Waals surface area contributed by atoms with Gasteiger partial charge < -0.3 is 14.7 Å². The summed E-state index contributed by atoms with van der Waals surface area (Å²) in [5, 5.41) is 10.2. The number of nitrogens with zero attached hydrogens (tertiary/aromatic N) is 1. The molecule has 0 aliphatic heterocycles. The van der Waals surface area contributed by atoms with Crippen molar-refractivity contribution in [1.82, 2.24) is 0 Å². The largest absolute Gasteiger partial charge is 0.497 e. The molecule has 3 nitrogen and oxygen atoms in total. The van der Waals surface area contributed by atoms with Gasteiger partial charge in [0, 0.05) is 13.6 Å². The van der Waals surface area contributed by atoms with Crippen molar-refractivity contribution in [1.29, 1.82) is 0 Å². The fourth-order valence-corrected chi connectivity index (χ4v) is 2.52. The van der Waals surface area contributed by atoms with E-state index in [4.69, 9.17) is 16.3 Å². The molecule has 0 saturated heterocycles. The van der Waals surface area contributed by atoms with Crippen molar-refractivity contribution in [2.24, 2.45) is 0 Å². The molecule has 0 fully saturated rings. The number of hydrogen-bond acceptors (Lipinski definition) is 3. The number of halogens is 1. The molecule has 0 radical (unpaired) electrons. The van der Waals surface area contributed by atoms with Gasteiger partial charge in [0.15, 0.2) is 0 Å². The van der Waals surface area contributed by atoms with E-state index in [0.29, 0.717) is 5.02 Å². The number of benzene rings is 2. The monoisotopic (exact) mass is 305 g/mol. The molecule has 1 N–H and O–H groups in total. The number of ether oxygens (including phenoxy) is 1. The predicted molar refractivity (Wildman–Crippen MR) is 87.2 cm³/mol. The first kappa shape index (κ1) is 15.7. The summed E-state index contributed by atoms with van der Waals surface area (Å²) in [7, 11) is 3.65. The number of rotatable bonds is 5. The zero-order valence-electron chi connectivity index (χ0n) is 12.5. The number of anilines is 1. The van der Waals surface area contributed by atoms with Crippen LogP contribution in [0.15, 0.2) is 42.5 Å². The van der Waals surface area contributed by atoms with Crippen molar-refractivity contribution in [3.8, 4) is 5.75 Å². The molecule has 2 aromatic carbocycles. The van der Waals surface area contributed by atoms with Crippen LogP contribution in [0.3, 0.4) is 0 Å². The zero-order chi connectivity index (χ0) is 15.4. The summed E-state index contributed by atoms with van der Waals surface area (Å²) in [5.41, 5.74) is 2.94. The first-order valence-electron chi connectivity index (χ1n) is 6.83. The standard InChI is InChI=1S/C17H20ClNO2/c1-12(20)14-6-9-17(16(18)10-14)19(2)11-13-4-7-15(21-3)8-5-13/h4-10,12,20H,11H2,1-3H3/t12-/m0/s1. The van der Waals surface area contributed by atoms with Crippen LogP contribution in [-0.2, 0) is 6.54 Å². The number of aliphatic hydroxyl groups excluding tert-OH is 1. The molecule has 21 heavy (non-hydrogen) atoms. The lowest BCUT2D eigenvalue weighted by molar-refractivity contribution is 0.199. The third kappa shape index (κ3) is 3.90. The van der Waals surface area contributed by atoms with Crippen LogP contribution in [0.4, 0.5) is 5.69 Å². The quantitative estimate of drug-likeness (QED) is 0.905. The summed E-state index contributed by atoms with van der Waals surface area (Å²) in [4.78, 5) is 2.08. The summed E-state index contributed by atoms with van der Waals surface area (Å²) in [6.45, 7) is 2.48. The normalized spacial score (nSPS) is 12.0. The summed E-state index contributed by atoms with van der Waals surface area (Å²) in [6.07, 6.45) is -0.511. The molecular weight excluding hydrogens is 286 g/mol. The Hall–Kier alpha value is -1.71. The van der Waals surface area contributed by atoms with Crippen molar-refractivity contribution in [3.05, 3.63) is 58.6 Å². The van der Waals surface area contributed by atoms with E-state index in [-0.39, 0.29) is 0 Å². The van der Waals surface area contributed by atoms with Crippen molar-refractivity contribution >= 4 is 17.3 Å². The zero-order valence-corrected chi connectivity index (χ0v) is 13.3. The van der Waals surface area contributed by atoms with Gasteiger partial charge in [0.25, 0.3) is 0 Å². The van der Waals surface area contributed by atoms with Crippen molar-refractivity contribution in [2.45, 2.75) is 19.6 Å². The molecule has 0 aliphatic carbocycles. The molecule has 0 heterocycles. The van der Waals surface area contributed by atoms with Gasteiger partial charge in [-0.1, -0.05) is 29.8 Å². The third-order valence-corrected chi connectivity index (χ3v) is 3.75. The first-order valence-corrected chi connectivity index (χ1v) is 7.20. The SMILES string of the molecule is COc1ccc(CN(C)c2ccc([C@H](C)O)cc2Cl)cc1. The Morgan fingerprint density at radius 1 is 1.19 bits per heavy atom. The Morgan fingerprint density at radius 3 is 2.38 bits per heavy atom. The number of hydrogen-bond donors (Lipinski definition) is 1. The number of methoxy groups -OCH3 is 1. The molecule has 112 valence electrons. The fraction of sp³-hybridized carbons (Fsp3) is 0.294. The molecule has 1 atom stereocenters. The van der Waals surface area contributed by atoms with Gasteiger partial charge in [-0.2, -0.15) is 0 Å². The maximum absolute atomic E-state index is 9.58. The van der Waals surface area contributed by atoms with E-state index in [2.05, 4.69) is 4.90 Å². The van der Waals surface area contributed by atoms with Crippen molar-refractivity contribution in [2.75, 3.05) is 19.1 Å². The van der Waals surface area contributed by atoms with Gasteiger partial charge in [-0.25, -0.2) is 0 Å². The van der Waals surface area contributed by atoms with Crippen LogP contribution in [0.25, 0.3) is 0 Å².